The molecule has 3 rings (SSSR count). The molecule has 0 bridgehead atoms. The van der Waals surface area contributed by atoms with Crippen LogP contribution in [0.4, 0.5) is 5.69 Å². The van der Waals surface area contributed by atoms with Gasteiger partial charge in [0, 0.05) is 24.5 Å². The van der Waals surface area contributed by atoms with Crippen molar-refractivity contribution in [2.45, 2.75) is 19.9 Å². The summed E-state index contributed by atoms with van der Waals surface area (Å²) < 4.78 is 1.86. The topological polar surface area (TPSA) is 29.9 Å². The molecular formula is C17H19N3. The summed E-state index contributed by atoms with van der Waals surface area (Å²) >= 11 is 0. The van der Waals surface area contributed by atoms with Crippen molar-refractivity contribution in [1.82, 2.24) is 9.78 Å². The highest BCUT2D eigenvalue weighted by atomic mass is 15.3. The summed E-state index contributed by atoms with van der Waals surface area (Å²) in [6.07, 6.45) is 2.08. The van der Waals surface area contributed by atoms with Gasteiger partial charge >= 0.3 is 0 Å². The Kier molecular flexibility index (Phi) is 3.18. The summed E-state index contributed by atoms with van der Waals surface area (Å²) in [5.41, 5.74) is 3.45. The van der Waals surface area contributed by atoms with E-state index in [2.05, 4.69) is 66.0 Å². The van der Waals surface area contributed by atoms with Crippen molar-refractivity contribution in [3.63, 3.8) is 0 Å². The van der Waals surface area contributed by atoms with E-state index < -0.39 is 0 Å². The second kappa shape index (κ2) is 5.00. The number of hydrogen-bond acceptors (Lipinski definition) is 2. The zero-order valence-corrected chi connectivity index (χ0v) is 12.1. The van der Waals surface area contributed by atoms with Crippen LogP contribution in [0.25, 0.3) is 10.8 Å². The molecule has 20 heavy (non-hydrogen) atoms. The summed E-state index contributed by atoms with van der Waals surface area (Å²) in [5, 5.41) is 10.5. The fraction of sp³-hybridized carbons (Fsp3) is 0.235. The molecule has 2 aromatic carbocycles. The Morgan fingerprint density at radius 3 is 2.55 bits per heavy atom. The molecule has 3 nitrogen and oxygen atoms in total. The SMILES string of the molecule is Cc1nn(C)cc1C(C)Nc1ccc2ccccc2c1. The van der Waals surface area contributed by atoms with E-state index in [-0.39, 0.29) is 6.04 Å². The molecule has 0 aliphatic heterocycles. The molecule has 0 aliphatic rings. The zero-order valence-electron chi connectivity index (χ0n) is 12.1. The maximum absolute atomic E-state index is 4.40. The molecule has 0 fully saturated rings. The van der Waals surface area contributed by atoms with Crippen molar-refractivity contribution in [1.29, 1.82) is 0 Å². The maximum atomic E-state index is 4.40. The summed E-state index contributed by atoms with van der Waals surface area (Å²) in [5.74, 6) is 0. The van der Waals surface area contributed by atoms with E-state index in [0.717, 1.165) is 11.4 Å². The van der Waals surface area contributed by atoms with E-state index in [9.17, 15) is 0 Å². The minimum absolute atomic E-state index is 0.241. The number of aromatic nitrogens is 2. The molecule has 0 aliphatic carbocycles. The van der Waals surface area contributed by atoms with Gasteiger partial charge in [-0.05, 0) is 36.8 Å². The first-order valence-corrected chi connectivity index (χ1v) is 6.89. The standard InChI is InChI=1S/C17H19N3/c1-12(17-11-20(3)19-13(17)2)18-16-9-8-14-6-4-5-7-15(14)10-16/h4-12,18H,1-3H3. The first-order valence-electron chi connectivity index (χ1n) is 6.89. The number of benzene rings is 2. The van der Waals surface area contributed by atoms with Crippen molar-refractivity contribution in [2.75, 3.05) is 5.32 Å². The smallest absolute Gasteiger partial charge is 0.0646 e. The van der Waals surface area contributed by atoms with Crippen LogP contribution in [0.5, 0.6) is 0 Å². The molecule has 0 saturated carbocycles. The largest absolute Gasteiger partial charge is 0.378 e. The Hall–Kier alpha value is -2.29. The predicted octanol–water partition coefficient (Wildman–Crippen LogP) is 4.05. The lowest BCUT2D eigenvalue weighted by Gasteiger charge is -2.15. The maximum Gasteiger partial charge on any atom is 0.0646 e. The van der Waals surface area contributed by atoms with E-state index in [0.29, 0.717) is 0 Å². The van der Waals surface area contributed by atoms with Gasteiger partial charge in [-0.25, -0.2) is 0 Å². The van der Waals surface area contributed by atoms with Crippen molar-refractivity contribution in [3.8, 4) is 0 Å². The third-order valence-corrected chi connectivity index (χ3v) is 3.65. The van der Waals surface area contributed by atoms with Crippen molar-refractivity contribution in [3.05, 3.63) is 59.9 Å². The zero-order chi connectivity index (χ0) is 14.1. The van der Waals surface area contributed by atoms with Gasteiger partial charge in [-0.1, -0.05) is 30.3 Å². The van der Waals surface area contributed by atoms with Crippen molar-refractivity contribution < 1.29 is 0 Å². The van der Waals surface area contributed by atoms with Gasteiger partial charge in [0.25, 0.3) is 0 Å². The molecule has 0 saturated heterocycles. The molecule has 1 heterocycles. The number of fused-ring (bicyclic) bond motifs is 1. The lowest BCUT2D eigenvalue weighted by Crippen LogP contribution is -2.06. The molecule has 1 N–H and O–H groups in total. The van der Waals surface area contributed by atoms with Gasteiger partial charge < -0.3 is 5.32 Å². The third-order valence-electron chi connectivity index (χ3n) is 3.65. The van der Waals surface area contributed by atoms with Gasteiger partial charge in [0.2, 0.25) is 0 Å². The fourth-order valence-electron chi connectivity index (χ4n) is 2.65. The highest BCUT2D eigenvalue weighted by Crippen LogP contribution is 2.24. The van der Waals surface area contributed by atoms with Gasteiger partial charge in [-0.2, -0.15) is 5.10 Å². The number of nitrogens with zero attached hydrogens (tertiary/aromatic N) is 2. The normalized spacial score (nSPS) is 12.6. The van der Waals surface area contributed by atoms with Gasteiger partial charge in [-0.15, -0.1) is 0 Å². The van der Waals surface area contributed by atoms with E-state index in [4.69, 9.17) is 0 Å². The average molecular weight is 265 g/mol. The molecule has 3 heteroatoms. The van der Waals surface area contributed by atoms with Crippen LogP contribution < -0.4 is 5.32 Å². The Morgan fingerprint density at radius 2 is 1.85 bits per heavy atom. The van der Waals surface area contributed by atoms with Gasteiger partial charge in [0.1, 0.15) is 0 Å². The fourth-order valence-corrected chi connectivity index (χ4v) is 2.65. The monoisotopic (exact) mass is 265 g/mol. The highest BCUT2D eigenvalue weighted by Gasteiger charge is 2.11. The van der Waals surface area contributed by atoms with Crippen LogP contribution >= 0.6 is 0 Å². The van der Waals surface area contributed by atoms with E-state index in [1.54, 1.807) is 0 Å². The number of anilines is 1. The summed E-state index contributed by atoms with van der Waals surface area (Å²) in [6.45, 7) is 4.22. The lowest BCUT2D eigenvalue weighted by molar-refractivity contribution is 0.756. The van der Waals surface area contributed by atoms with Crippen LogP contribution in [0.15, 0.2) is 48.7 Å². The van der Waals surface area contributed by atoms with E-state index in [1.165, 1.54) is 16.3 Å². The predicted molar refractivity (Wildman–Crippen MR) is 83.9 cm³/mol. The van der Waals surface area contributed by atoms with E-state index >= 15 is 0 Å². The van der Waals surface area contributed by atoms with Crippen LogP contribution in [0, 0.1) is 6.92 Å². The molecule has 0 amide bonds. The molecule has 0 spiro atoms. The highest BCUT2D eigenvalue weighted by molar-refractivity contribution is 5.85. The van der Waals surface area contributed by atoms with Gasteiger partial charge in [0.15, 0.2) is 0 Å². The van der Waals surface area contributed by atoms with Crippen LogP contribution in [-0.4, -0.2) is 9.78 Å². The summed E-state index contributed by atoms with van der Waals surface area (Å²) in [6, 6.07) is 15.1. The number of hydrogen-bond donors (Lipinski definition) is 1. The van der Waals surface area contributed by atoms with Crippen LogP contribution in [-0.2, 0) is 7.05 Å². The Bertz CT molecular complexity index is 743. The quantitative estimate of drug-likeness (QED) is 0.774. The van der Waals surface area contributed by atoms with Gasteiger partial charge in [0.05, 0.1) is 11.7 Å². The Labute approximate surface area is 119 Å². The summed E-state index contributed by atoms with van der Waals surface area (Å²) in [4.78, 5) is 0. The second-order valence-corrected chi connectivity index (χ2v) is 5.27. The van der Waals surface area contributed by atoms with Crippen LogP contribution in [0.2, 0.25) is 0 Å². The molecule has 1 aromatic heterocycles. The Morgan fingerprint density at radius 1 is 1.10 bits per heavy atom. The molecule has 1 unspecified atom stereocenters. The van der Waals surface area contributed by atoms with Gasteiger partial charge in [-0.3, -0.25) is 4.68 Å². The number of nitrogens with one attached hydrogen (secondary N) is 1. The molecule has 0 radical (unpaired) electrons. The summed E-state index contributed by atoms with van der Waals surface area (Å²) in [7, 11) is 1.96. The van der Waals surface area contributed by atoms with Crippen LogP contribution in [0.3, 0.4) is 0 Å². The molecular weight excluding hydrogens is 246 g/mol. The van der Waals surface area contributed by atoms with Crippen molar-refractivity contribution >= 4 is 16.5 Å². The lowest BCUT2D eigenvalue weighted by atomic mass is 10.1. The molecule has 1 atom stereocenters. The third kappa shape index (κ3) is 2.39. The van der Waals surface area contributed by atoms with E-state index in [1.807, 2.05) is 18.7 Å². The first-order chi connectivity index (χ1) is 9.63. The van der Waals surface area contributed by atoms with Crippen molar-refractivity contribution in [2.24, 2.45) is 7.05 Å². The number of aryl methyl sites for hydroxylation is 2. The number of rotatable bonds is 3. The molecule has 102 valence electrons. The minimum atomic E-state index is 0.241. The second-order valence-electron chi connectivity index (χ2n) is 5.27. The minimum Gasteiger partial charge on any atom is -0.378 e. The molecule has 3 aromatic rings. The Balaban J connectivity index is 1.87. The first kappa shape index (κ1) is 12.7. The van der Waals surface area contributed by atoms with Crippen LogP contribution in [0.1, 0.15) is 24.2 Å². The average Bonchev–Trinajstić information content (AvgIpc) is 2.78.